The van der Waals surface area contributed by atoms with Gasteiger partial charge in [0.1, 0.15) is 5.75 Å². The number of benzene rings is 1. The highest BCUT2D eigenvalue weighted by Crippen LogP contribution is 2.11. The van der Waals surface area contributed by atoms with Crippen LogP contribution in [0, 0.1) is 6.92 Å². The predicted octanol–water partition coefficient (Wildman–Crippen LogP) is 4.11. The second-order valence-corrected chi connectivity index (χ2v) is 3.89. The normalized spacial score (nSPS) is 12.8. The third kappa shape index (κ3) is 4.30. The van der Waals surface area contributed by atoms with Gasteiger partial charge >= 0.3 is 0 Å². The Kier molecular flexibility index (Phi) is 4.77. The van der Waals surface area contributed by atoms with Gasteiger partial charge in [-0.3, -0.25) is 0 Å². The van der Waals surface area contributed by atoms with E-state index in [1.807, 2.05) is 37.4 Å². The summed E-state index contributed by atoms with van der Waals surface area (Å²) in [5, 5.41) is 0. The van der Waals surface area contributed by atoms with Crippen LogP contribution in [-0.2, 0) is 0 Å². The van der Waals surface area contributed by atoms with Crippen LogP contribution >= 0.6 is 0 Å². The lowest BCUT2D eigenvalue weighted by molar-refractivity contribution is 0.546. The lowest BCUT2D eigenvalue weighted by atomic mass is 10.2. The van der Waals surface area contributed by atoms with Gasteiger partial charge in [0.05, 0.1) is 0 Å². The molecule has 0 spiro atoms. The van der Waals surface area contributed by atoms with Crippen LogP contribution in [-0.4, -0.2) is 5.90 Å². The van der Waals surface area contributed by atoms with E-state index in [9.17, 15) is 0 Å². The molecule has 0 radical (unpaired) electrons. The number of aliphatic imine (C=N–C) groups is 1. The Morgan fingerprint density at radius 1 is 1.25 bits per heavy atom. The van der Waals surface area contributed by atoms with E-state index in [1.165, 1.54) is 11.1 Å². The van der Waals surface area contributed by atoms with Crippen molar-refractivity contribution in [2.45, 2.75) is 34.1 Å². The molecule has 16 heavy (non-hydrogen) atoms. The molecular formula is C14H19NO. The predicted molar refractivity (Wildman–Crippen MR) is 69.0 cm³/mol. The van der Waals surface area contributed by atoms with Crippen LogP contribution in [0.5, 0.6) is 5.75 Å². The monoisotopic (exact) mass is 217 g/mol. The summed E-state index contributed by atoms with van der Waals surface area (Å²) in [4.78, 5) is 4.25. The number of nitrogens with zero attached hydrogens (tertiary/aromatic N) is 1. The molecule has 0 bridgehead atoms. The molecule has 0 amide bonds. The Morgan fingerprint density at radius 3 is 2.44 bits per heavy atom. The van der Waals surface area contributed by atoms with Crippen LogP contribution in [0.25, 0.3) is 0 Å². The van der Waals surface area contributed by atoms with Gasteiger partial charge in [-0.1, -0.05) is 30.2 Å². The van der Waals surface area contributed by atoms with Crippen molar-refractivity contribution < 1.29 is 4.74 Å². The molecule has 0 unspecified atom stereocenters. The smallest absolute Gasteiger partial charge is 0.191 e. The highest BCUT2D eigenvalue weighted by atomic mass is 16.5. The number of allylic oxidation sites excluding steroid dienone is 1. The van der Waals surface area contributed by atoms with Crippen LogP contribution < -0.4 is 4.74 Å². The van der Waals surface area contributed by atoms with Crippen LogP contribution in [0.2, 0.25) is 0 Å². The third-order valence-electron chi connectivity index (χ3n) is 2.31. The van der Waals surface area contributed by atoms with E-state index < -0.39 is 0 Å². The SMILES string of the molecule is CC/C(C)=C\N=C(/C)Oc1ccc(C)cc1. The fraction of sp³-hybridized carbons (Fsp3) is 0.357. The van der Waals surface area contributed by atoms with E-state index in [4.69, 9.17) is 4.74 Å². The molecule has 1 aromatic rings. The molecule has 0 aliphatic rings. The fourth-order valence-corrected chi connectivity index (χ4v) is 1.10. The lowest BCUT2D eigenvalue weighted by Gasteiger charge is -2.04. The Balaban J connectivity index is 2.64. The maximum absolute atomic E-state index is 5.57. The average molecular weight is 217 g/mol. The van der Waals surface area contributed by atoms with Crippen molar-refractivity contribution in [3.05, 3.63) is 41.6 Å². The summed E-state index contributed by atoms with van der Waals surface area (Å²) in [7, 11) is 0. The molecular weight excluding hydrogens is 198 g/mol. The maximum atomic E-state index is 5.57. The average Bonchev–Trinajstić information content (AvgIpc) is 2.29. The molecule has 0 saturated heterocycles. The van der Waals surface area contributed by atoms with Gasteiger partial charge in [-0.2, -0.15) is 0 Å². The van der Waals surface area contributed by atoms with Crippen molar-refractivity contribution in [3.8, 4) is 5.75 Å². The fourth-order valence-electron chi connectivity index (χ4n) is 1.10. The summed E-state index contributed by atoms with van der Waals surface area (Å²) >= 11 is 0. The first kappa shape index (κ1) is 12.5. The molecule has 86 valence electrons. The van der Waals surface area contributed by atoms with Gasteiger partial charge in [0, 0.05) is 13.1 Å². The second kappa shape index (κ2) is 6.11. The van der Waals surface area contributed by atoms with Gasteiger partial charge < -0.3 is 4.74 Å². The van der Waals surface area contributed by atoms with Gasteiger partial charge in [-0.15, -0.1) is 0 Å². The second-order valence-electron chi connectivity index (χ2n) is 3.89. The molecule has 1 aromatic carbocycles. The van der Waals surface area contributed by atoms with Gasteiger partial charge in [0.2, 0.25) is 0 Å². The van der Waals surface area contributed by atoms with Crippen LogP contribution in [0.1, 0.15) is 32.8 Å². The zero-order valence-electron chi connectivity index (χ0n) is 10.4. The minimum absolute atomic E-state index is 0.664. The molecule has 1 rings (SSSR count). The Labute approximate surface area is 97.7 Å². The first-order chi connectivity index (χ1) is 7.61. The largest absolute Gasteiger partial charge is 0.443 e. The summed E-state index contributed by atoms with van der Waals surface area (Å²) in [6.07, 6.45) is 2.87. The highest BCUT2D eigenvalue weighted by molar-refractivity contribution is 5.76. The van der Waals surface area contributed by atoms with Crippen molar-refractivity contribution >= 4 is 5.90 Å². The molecule has 0 fully saturated rings. The summed E-state index contributed by atoms with van der Waals surface area (Å²) in [5.41, 5.74) is 2.47. The summed E-state index contributed by atoms with van der Waals surface area (Å²) < 4.78 is 5.57. The topological polar surface area (TPSA) is 21.6 Å². The summed E-state index contributed by atoms with van der Waals surface area (Å²) in [5.74, 6) is 1.49. The number of ether oxygens (including phenoxy) is 1. The van der Waals surface area contributed by atoms with E-state index in [0.717, 1.165) is 12.2 Å². The van der Waals surface area contributed by atoms with Gasteiger partial charge in [0.15, 0.2) is 5.90 Å². The Hall–Kier alpha value is -1.57. The van der Waals surface area contributed by atoms with Crippen molar-refractivity contribution in [1.29, 1.82) is 0 Å². The Morgan fingerprint density at radius 2 is 1.88 bits per heavy atom. The number of hydrogen-bond acceptors (Lipinski definition) is 2. The Bertz CT molecular complexity index is 388. The molecule has 0 atom stereocenters. The van der Waals surface area contributed by atoms with Crippen molar-refractivity contribution in [2.75, 3.05) is 0 Å². The zero-order valence-corrected chi connectivity index (χ0v) is 10.4. The summed E-state index contributed by atoms with van der Waals surface area (Å²) in [6, 6.07) is 7.95. The van der Waals surface area contributed by atoms with Crippen molar-refractivity contribution in [3.63, 3.8) is 0 Å². The number of rotatable bonds is 3. The standard InChI is InChI=1S/C14H19NO/c1-5-11(2)10-15-13(4)16-14-8-6-12(3)7-9-14/h6-10H,5H2,1-4H3/b11-10-,15-13+. The van der Waals surface area contributed by atoms with Crippen molar-refractivity contribution in [2.24, 2.45) is 4.99 Å². The van der Waals surface area contributed by atoms with Gasteiger partial charge in [-0.25, -0.2) is 4.99 Å². The summed E-state index contributed by atoms with van der Waals surface area (Å²) in [6.45, 7) is 8.08. The lowest BCUT2D eigenvalue weighted by Crippen LogP contribution is -2.02. The van der Waals surface area contributed by atoms with E-state index in [-0.39, 0.29) is 0 Å². The van der Waals surface area contributed by atoms with Crippen molar-refractivity contribution in [1.82, 2.24) is 0 Å². The van der Waals surface area contributed by atoms with Gasteiger partial charge in [0.25, 0.3) is 0 Å². The molecule has 0 N–H and O–H groups in total. The molecule has 0 aromatic heterocycles. The maximum Gasteiger partial charge on any atom is 0.191 e. The van der Waals surface area contributed by atoms with E-state index >= 15 is 0 Å². The molecule has 0 heterocycles. The number of hydrogen-bond donors (Lipinski definition) is 0. The molecule has 2 heteroatoms. The number of aryl methyl sites for hydroxylation is 1. The first-order valence-corrected chi connectivity index (χ1v) is 5.56. The minimum Gasteiger partial charge on any atom is -0.443 e. The third-order valence-corrected chi connectivity index (χ3v) is 2.31. The molecule has 0 aliphatic carbocycles. The van der Waals surface area contributed by atoms with Crippen LogP contribution in [0.15, 0.2) is 41.0 Å². The van der Waals surface area contributed by atoms with E-state index in [1.54, 1.807) is 0 Å². The van der Waals surface area contributed by atoms with E-state index in [0.29, 0.717) is 5.90 Å². The molecule has 2 nitrogen and oxygen atoms in total. The zero-order chi connectivity index (χ0) is 12.0. The quantitative estimate of drug-likeness (QED) is 0.551. The highest BCUT2D eigenvalue weighted by Gasteiger charge is 1.95. The van der Waals surface area contributed by atoms with Crippen LogP contribution in [0.4, 0.5) is 0 Å². The van der Waals surface area contributed by atoms with Crippen LogP contribution in [0.3, 0.4) is 0 Å². The first-order valence-electron chi connectivity index (χ1n) is 5.56. The molecule has 0 saturated carbocycles. The molecule has 0 aliphatic heterocycles. The van der Waals surface area contributed by atoms with Gasteiger partial charge in [-0.05, 0) is 32.4 Å². The minimum atomic E-state index is 0.664. The van der Waals surface area contributed by atoms with E-state index in [2.05, 4.69) is 25.8 Å².